The van der Waals surface area contributed by atoms with Crippen molar-refractivity contribution in [2.24, 2.45) is 0 Å². The van der Waals surface area contributed by atoms with Gasteiger partial charge in [-0.05, 0) is 87.3 Å². The first kappa shape index (κ1) is 24.5. The molecule has 0 aliphatic carbocycles. The van der Waals surface area contributed by atoms with Crippen LogP contribution in [0.4, 0.5) is 0 Å². The van der Waals surface area contributed by atoms with Crippen molar-refractivity contribution in [1.82, 2.24) is 15.1 Å². The minimum atomic E-state index is -0.557. The van der Waals surface area contributed by atoms with Gasteiger partial charge < -0.3 is 19.9 Å². The molecular formula is C27H37N3O4. The number of aliphatic hydroxyl groups is 1. The van der Waals surface area contributed by atoms with Gasteiger partial charge in [0.15, 0.2) is 0 Å². The Morgan fingerprint density at radius 1 is 0.971 bits per heavy atom. The molecule has 7 nitrogen and oxygen atoms in total. The van der Waals surface area contributed by atoms with Crippen LogP contribution < -0.4 is 14.8 Å². The maximum absolute atomic E-state index is 12.9. The highest BCUT2D eigenvalue weighted by molar-refractivity contribution is 5.94. The van der Waals surface area contributed by atoms with E-state index in [4.69, 9.17) is 9.47 Å². The number of aliphatic hydroxyl groups excluding tert-OH is 1. The van der Waals surface area contributed by atoms with E-state index in [2.05, 4.69) is 27.2 Å². The third-order valence-corrected chi connectivity index (χ3v) is 6.77. The Labute approximate surface area is 202 Å². The van der Waals surface area contributed by atoms with Crippen LogP contribution in [0.3, 0.4) is 0 Å². The Morgan fingerprint density at radius 2 is 1.65 bits per heavy atom. The van der Waals surface area contributed by atoms with E-state index in [1.54, 1.807) is 19.2 Å². The summed E-state index contributed by atoms with van der Waals surface area (Å²) in [6.45, 7) is 6.18. The summed E-state index contributed by atoms with van der Waals surface area (Å²) in [5.74, 6) is 1.44. The van der Waals surface area contributed by atoms with Crippen molar-refractivity contribution in [3.63, 3.8) is 0 Å². The highest BCUT2D eigenvalue weighted by Crippen LogP contribution is 2.18. The Kier molecular flexibility index (Phi) is 8.79. The van der Waals surface area contributed by atoms with E-state index in [1.807, 2.05) is 24.3 Å². The number of nitrogens with zero attached hydrogens (tertiary/aromatic N) is 2. The monoisotopic (exact) mass is 467 g/mol. The highest BCUT2D eigenvalue weighted by atomic mass is 16.5. The standard InChI is InChI=1S/C27H37N3O4/c1-33-23-10-6-21(7-11-23)19-30-16-4-5-26(31)25(20-30)28-27(32)22-8-12-24(13-9-22)34-18-17-29-14-2-3-15-29/h6-13,25-26,31H,2-5,14-20H2,1H3,(H,28,32). The Hall–Kier alpha value is -2.61. The van der Waals surface area contributed by atoms with Crippen LogP contribution in [0, 0.1) is 0 Å². The van der Waals surface area contributed by atoms with Crippen molar-refractivity contribution in [3.05, 3.63) is 59.7 Å². The zero-order chi connectivity index (χ0) is 23.8. The van der Waals surface area contributed by atoms with Gasteiger partial charge in [0.25, 0.3) is 5.91 Å². The average molecular weight is 468 g/mol. The van der Waals surface area contributed by atoms with Gasteiger partial charge in [-0.3, -0.25) is 14.6 Å². The first-order chi connectivity index (χ1) is 16.6. The zero-order valence-corrected chi connectivity index (χ0v) is 20.1. The van der Waals surface area contributed by atoms with Gasteiger partial charge in [0.1, 0.15) is 18.1 Å². The molecule has 2 saturated heterocycles. The van der Waals surface area contributed by atoms with Gasteiger partial charge in [-0.2, -0.15) is 0 Å². The molecular weight excluding hydrogens is 430 g/mol. The van der Waals surface area contributed by atoms with Crippen LogP contribution in [-0.4, -0.2) is 79.4 Å². The normalized spacial score (nSPS) is 21.7. The summed E-state index contributed by atoms with van der Waals surface area (Å²) in [6, 6.07) is 15.0. The number of benzene rings is 2. The number of likely N-dealkylation sites (tertiary alicyclic amines) is 2. The van der Waals surface area contributed by atoms with Crippen LogP contribution in [0.25, 0.3) is 0 Å². The number of rotatable bonds is 9. The molecule has 2 aromatic rings. The fraction of sp³-hybridized carbons (Fsp3) is 0.519. The third-order valence-electron chi connectivity index (χ3n) is 6.77. The van der Waals surface area contributed by atoms with E-state index >= 15 is 0 Å². The lowest BCUT2D eigenvalue weighted by Crippen LogP contribution is -2.48. The van der Waals surface area contributed by atoms with E-state index in [-0.39, 0.29) is 11.9 Å². The highest BCUT2D eigenvalue weighted by Gasteiger charge is 2.27. The molecule has 2 aliphatic heterocycles. The molecule has 2 atom stereocenters. The van der Waals surface area contributed by atoms with Crippen molar-refractivity contribution in [2.75, 3.05) is 46.4 Å². The summed E-state index contributed by atoms with van der Waals surface area (Å²) in [6.07, 6.45) is 3.57. The summed E-state index contributed by atoms with van der Waals surface area (Å²) in [5, 5.41) is 13.7. The van der Waals surface area contributed by atoms with Crippen molar-refractivity contribution in [2.45, 2.75) is 44.4 Å². The molecule has 0 radical (unpaired) electrons. The number of nitrogens with one attached hydrogen (secondary N) is 1. The number of ether oxygens (including phenoxy) is 2. The van der Waals surface area contributed by atoms with Gasteiger partial charge in [-0.15, -0.1) is 0 Å². The lowest BCUT2D eigenvalue weighted by Gasteiger charge is -2.27. The first-order valence-electron chi connectivity index (χ1n) is 12.4. The second kappa shape index (κ2) is 12.2. The predicted molar refractivity (Wildman–Crippen MR) is 132 cm³/mol. The predicted octanol–water partition coefficient (Wildman–Crippen LogP) is 2.93. The molecule has 0 saturated carbocycles. The maximum Gasteiger partial charge on any atom is 0.251 e. The smallest absolute Gasteiger partial charge is 0.251 e. The van der Waals surface area contributed by atoms with Gasteiger partial charge >= 0.3 is 0 Å². The molecule has 0 bridgehead atoms. The second-order valence-corrected chi connectivity index (χ2v) is 9.29. The maximum atomic E-state index is 12.9. The number of carbonyl (C=O) groups is 1. The van der Waals surface area contributed by atoms with Crippen molar-refractivity contribution >= 4 is 5.91 Å². The summed E-state index contributed by atoms with van der Waals surface area (Å²) in [7, 11) is 1.66. The third kappa shape index (κ3) is 6.95. The van der Waals surface area contributed by atoms with Gasteiger partial charge in [0.2, 0.25) is 0 Å². The fourth-order valence-electron chi connectivity index (χ4n) is 4.74. The molecule has 2 N–H and O–H groups in total. The lowest BCUT2D eigenvalue weighted by atomic mass is 10.1. The van der Waals surface area contributed by atoms with Crippen molar-refractivity contribution in [1.29, 1.82) is 0 Å². The topological polar surface area (TPSA) is 74.3 Å². The van der Waals surface area contributed by atoms with E-state index < -0.39 is 6.10 Å². The molecule has 184 valence electrons. The van der Waals surface area contributed by atoms with Gasteiger partial charge in [0, 0.05) is 25.2 Å². The lowest BCUT2D eigenvalue weighted by molar-refractivity contribution is 0.0798. The molecule has 2 aromatic carbocycles. The molecule has 34 heavy (non-hydrogen) atoms. The molecule has 7 heteroatoms. The van der Waals surface area contributed by atoms with Crippen LogP contribution in [0.1, 0.15) is 41.6 Å². The summed E-state index contributed by atoms with van der Waals surface area (Å²) < 4.78 is 11.1. The van der Waals surface area contributed by atoms with E-state index in [9.17, 15) is 9.90 Å². The summed E-state index contributed by atoms with van der Waals surface area (Å²) in [4.78, 5) is 17.6. The number of hydrogen-bond acceptors (Lipinski definition) is 6. The van der Waals surface area contributed by atoms with Crippen LogP contribution in [0.2, 0.25) is 0 Å². The fourth-order valence-corrected chi connectivity index (χ4v) is 4.74. The molecule has 2 unspecified atom stereocenters. The van der Waals surface area contributed by atoms with E-state index in [0.717, 1.165) is 50.6 Å². The van der Waals surface area contributed by atoms with Gasteiger partial charge in [-0.1, -0.05) is 12.1 Å². The number of methoxy groups -OCH3 is 1. The average Bonchev–Trinajstić information content (AvgIpc) is 3.31. The summed E-state index contributed by atoms with van der Waals surface area (Å²) >= 11 is 0. The molecule has 2 heterocycles. The Balaban J connectivity index is 1.29. The largest absolute Gasteiger partial charge is 0.497 e. The van der Waals surface area contributed by atoms with Crippen molar-refractivity contribution < 1.29 is 19.4 Å². The minimum Gasteiger partial charge on any atom is -0.497 e. The molecule has 2 fully saturated rings. The van der Waals surface area contributed by atoms with Crippen LogP contribution in [0.15, 0.2) is 48.5 Å². The number of amides is 1. The van der Waals surface area contributed by atoms with Crippen LogP contribution >= 0.6 is 0 Å². The first-order valence-corrected chi connectivity index (χ1v) is 12.4. The molecule has 0 spiro atoms. The van der Waals surface area contributed by atoms with E-state index in [1.165, 1.54) is 18.4 Å². The Bertz CT molecular complexity index is 897. The number of hydrogen-bond donors (Lipinski definition) is 2. The molecule has 4 rings (SSSR count). The summed E-state index contributed by atoms with van der Waals surface area (Å²) in [5.41, 5.74) is 1.76. The van der Waals surface area contributed by atoms with E-state index in [0.29, 0.717) is 25.1 Å². The molecule has 2 aliphatic rings. The zero-order valence-electron chi connectivity index (χ0n) is 20.1. The SMILES string of the molecule is COc1ccc(CN2CCCC(O)C(NC(=O)c3ccc(OCCN4CCCC4)cc3)C2)cc1. The molecule has 1 amide bonds. The van der Waals surface area contributed by atoms with Crippen molar-refractivity contribution in [3.8, 4) is 11.5 Å². The van der Waals surface area contributed by atoms with Gasteiger partial charge in [0.05, 0.1) is 19.3 Å². The minimum absolute atomic E-state index is 0.168. The van der Waals surface area contributed by atoms with Gasteiger partial charge in [-0.25, -0.2) is 0 Å². The Morgan fingerprint density at radius 3 is 2.35 bits per heavy atom. The number of carbonyl (C=O) groups excluding carboxylic acids is 1. The molecule has 0 aromatic heterocycles. The quantitative estimate of drug-likeness (QED) is 0.591. The van der Waals surface area contributed by atoms with Crippen LogP contribution in [-0.2, 0) is 6.54 Å². The second-order valence-electron chi connectivity index (χ2n) is 9.29. The van der Waals surface area contributed by atoms with Crippen LogP contribution in [0.5, 0.6) is 11.5 Å².